The number of hydrogen-bond acceptors (Lipinski definition) is 5. The molecule has 0 bridgehead atoms. The summed E-state index contributed by atoms with van der Waals surface area (Å²) in [6.45, 7) is 3.79. The van der Waals surface area contributed by atoms with Gasteiger partial charge in [-0.3, -0.25) is 9.59 Å². The summed E-state index contributed by atoms with van der Waals surface area (Å²) in [5.74, 6) is 5.12. The van der Waals surface area contributed by atoms with E-state index >= 15 is 0 Å². The second-order valence-corrected chi connectivity index (χ2v) is 5.62. The van der Waals surface area contributed by atoms with Gasteiger partial charge in [-0.2, -0.15) is 0 Å². The van der Waals surface area contributed by atoms with Crippen LogP contribution < -0.4 is 10.6 Å². The summed E-state index contributed by atoms with van der Waals surface area (Å²) in [6, 6.07) is 0. The average molecular weight is 263 g/mol. The SMILES string of the molecule is CC1(C)CC(=O)N(c2ncc(C#CCN)s2)C1=O. The van der Waals surface area contributed by atoms with E-state index in [0.717, 1.165) is 4.90 Å². The molecule has 0 aliphatic carbocycles. The van der Waals surface area contributed by atoms with Crippen LogP contribution in [0.1, 0.15) is 25.1 Å². The minimum atomic E-state index is -0.647. The van der Waals surface area contributed by atoms with Crippen molar-refractivity contribution in [2.75, 3.05) is 11.4 Å². The summed E-state index contributed by atoms with van der Waals surface area (Å²) in [5.41, 5.74) is 4.63. The summed E-state index contributed by atoms with van der Waals surface area (Å²) in [5, 5.41) is 0.386. The van der Waals surface area contributed by atoms with E-state index in [0.29, 0.717) is 10.0 Å². The summed E-state index contributed by atoms with van der Waals surface area (Å²) < 4.78 is 0. The first-order valence-electron chi connectivity index (χ1n) is 5.48. The second kappa shape index (κ2) is 4.52. The van der Waals surface area contributed by atoms with Crippen molar-refractivity contribution in [2.45, 2.75) is 20.3 Å². The Bertz CT molecular complexity index is 565. The first-order chi connectivity index (χ1) is 8.45. The highest BCUT2D eigenvalue weighted by molar-refractivity contribution is 7.16. The molecule has 18 heavy (non-hydrogen) atoms. The smallest absolute Gasteiger partial charge is 0.241 e. The molecule has 2 amide bonds. The Labute approximate surface area is 109 Å². The molecule has 5 nitrogen and oxygen atoms in total. The fraction of sp³-hybridized carbons (Fsp3) is 0.417. The number of carbonyl (C=O) groups is 2. The number of aromatic nitrogens is 1. The monoisotopic (exact) mass is 263 g/mol. The third-order valence-corrected chi connectivity index (χ3v) is 3.52. The maximum Gasteiger partial charge on any atom is 0.241 e. The largest absolute Gasteiger partial charge is 0.320 e. The number of anilines is 1. The molecule has 0 unspecified atom stereocenters. The Kier molecular flexibility index (Phi) is 3.20. The molecule has 0 spiro atoms. The molecule has 94 valence electrons. The van der Waals surface area contributed by atoms with Gasteiger partial charge in [-0.1, -0.05) is 37.0 Å². The predicted molar refractivity (Wildman–Crippen MR) is 68.9 cm³/mol. The number of nitrogens with two attached hydrogens (primary N) is 1. The van der Waals surface area contributed by atoms with Crippen molar-refractivity contribution in [3.63, 3.8) is 0 Å². The van der Waals surface area contributed by atoms with Crippen molar-refractivity contribution in [3.05, 3.63) is 11.1 Å². The number of amides is 2. The summed E-state index contributed by atoms with van der Waals surface area (Å²) in [6.07, 6.45) is 1.77. The van der Waals surface area contributed by atoms with Gasteiger partial charge in [-0.05, 0) is 0 Å². The molecule has 1 aliphatic rings. The van der Waals surface area contributed by atoms with Gasteiger partial charge in [0.05, 0.1) is 23.0 Å². The van der Waals surface area contributed by atoms with E-state index in [1.807, 2.05) is 0 Å². The number of thiazole rings is 1. The number of nitrogens with zero attached hydrogens (tertiary/aromatic N) is 2. The van der Waals surface area contributed by atoms with E-state index in [-0.39, 0.29) is 24.8 Å². The Hall–Kier alpha value is -1.71. The molecule has 1 aromatic heterocycles. The summed E-state index contributed by atoms with van der Waals surface area (Å²) >= 11 is 1.22. The normalized spacial score (nSPS) is 17.8. The van der Waals surface area contributed by atoms with Crippen molar-refractivity contribution >= 4 is 28.3 Å². The maximum atomic E-state index is 12.1. The molecule has 2 heterocycles. The van der Waals surface area contributed by atoms with Gasteiger partial charge in [0.2, 0.25) is 11.8 Å². The fourth-order valence-corrected chi connectivity index (χ4v) is 2.51. The second-order valence-electron chi connectivity index (χ2n) is 4.61. The molecule has 1 aromatic rings. The van der Waals surface area contributed by atoms with Crippen LogP contribution in [0.25, 0.3) is 0 Å². The van der Waals surface area contributed by atoms with Crippen LogP contribution in [0.4, 0.5) is 5.13 Å². The van der Waals surface area contributed by atoms with Gasteiger partial charge in [0.1, 0.15) is 0 Å². The summed E-state index contributed by atoms with van der Waals surface area (Å²) in [7, 11) is 0. The molecule has 0 atom stereocenters. The standard InChI is InChI=1S/C12H13N3O2S/c1-12(2)6-9(16)15(10(12)17)11-14-7-8(18-11)4-3-5-13/h7H,5-6,13H2,1-2H3. The van der Waals surface area contributed by atoms with E-state index in [4.69, 9.17) is 5.73 Å². The van der Waals surface area contributed by atoms with Crippen LogP contribution in [0.3, 0.4) is 0 Å². The van der Waals surface area contributed by atoms with Crippen molar-refractivity contribution in [3.8, 4) is 11.8 Å². The van der Waals surface area contributed by atoms with Gasteiger partial charge in [0.25, 0.3) is 0 Å². The Balaban J connectivity index is 2.30. The molecule has 1 aliphatic heterocycles. The zero-order chi connectivity index (χ0) is 13.3. The van der Waals surface area contributed by atoms with E-state index < -0.39 is 5.41 Å². The zero-order valence-corrected chi connectivity index (χ0v) is 11.0. The van der Waals surface area contributed by atoms with Gasteiger partial charge in [-0.25, -0.2) is 9.88 Å². The highest BCUT2D eigenvalue weighted by Crippen LogP contribution is 2.36. The first-order valence-corrected chi connectivity index (χ1v) is 6.29. The quantitative estimate of drug-likeness (QED) is 0.599. The summed E-state index contributed by atoms with van der Waals surface area (Å²) in [4.78, 5) is 29.8. The molecular formula is C12H13N3O2S. The van der Waals surface area contributed by atoms with Crippen LogP contribution in [0, 0.1) is 17.3 Å². The maximum absolute atomic E-state index is 12.1. The van der Waals surface area contributed by atoms with Gasteiger partial charge in [0, 0.05) is 6.42 Å². The molecule has 2 rings (SSSR count). The van der Waals surface area contributed by atoms with E-state index in [2.05, 4.69) is 16.8 Å². The molecular weight excluding hydrogens is 250 g/mol. The third-order valence-electron chi connectivity index (χ3n) is 2.62. The minimum absolute atomic E-state index is 0.208. The van der Waals surface area contributed by atoms with Crippen molar-refractivity contribution in [1.82, 2.24) is 4.98 Å². The molecule has 0 saturated carbocycles. The van der Waals surface area contributed by atoms with Crippen LogP contribution in [-0.2, 0) is 9.59 Å². The lowest BCUT2D eigenvalue weighted by molar-refractivity contribution is -0.124. The molecule has 1 fully saturated rings. The number of hydrogen-bond donors (Lipinski definition) is 1. The van der Waals surface area contributed by atoms with Crippen molar-refractivity contribution in [2.24, 2.45) is 11.1 Å². The first kappa shape index (κ1) is 12.7. The number of rotatable bonds is 1. The van der Waals surface area contributed by atoms with Crippen LogP contribution in [0.5, 0.6) is 0 Å². The molecule has 2 N–H and O–H groups in total. The molecule has 6 heteroatoms. The van der Waals surface area contributed by atoms with Gasteiger partial charge < -0.3 is 5.73 Å². The van der Waals surface area contributed by atoms with Crippen LogP contribution >= 0.6 is 11.3 Å². The van der Waals surface area contributed by atoms with Gasteiger partial charge in [0.15, 0.2) is 5.13 Å². The van der Waals surface area contributed by atoms with E-state index in [9.17, 15) is 9.59 Å². The average Bonchev–Trinajstić information content (AvgIpc) is 2.81. The Morgan fingerprint density at radius 1 is 1.56 bits per heavy atom. The van der Waals surface area contributed by atoms with Gasteiger partial charge in [-0.15, -0.1) is 0 Å². The Morgan fingerprint density at radius 3 is 2.83 bits per heavy atom. The van der Waals surface area contributed by atoms with Gasteiger partial charge >= 0.3 is 0 Å². The van der Waals surface area contributed by atoms with Crippen LogP contribution in [0.2, 0.25) is 0 Å². The minimum Gasteiger partial charge on any atom is -0.320 e. The number of imide groups is 1. The van der Waals surface area contributed by atoms with Crippen LogP contribution in [0.15, 0.2) is 6.20 Å². The fourth-order valence-electron chi connectivity index (χ4n) is 1.71. The molecule has 0 aromatic carbocycles. The third kappa shape index (κ3) is 2.15. The van der Waals surface area contributed by atoms with E-state index in [1.54, 1.807) is 20.0 Å². The lowest BCUT2D eigenvalue weighted by Gasteiger charge is -2.14. The topological polar surface area (TPSA) is 76.3 Å². The predicted octanol–water partition coefficient (Wildman–Crippen LogP) is 0.743. The highest BCUT2D eigenvalue weighted by Gasteiger charge is 2.46. The number of carbonyl (C=O) groups excluding carboxylic acids is 2. The van der Waals surface area contributed by atoms with E-state index in [1.165, 1.54) is 11.3 Å². The molecule has 1 saturated heterocycles. The van der Waals surface area contributed by atoms with Crippen molar-refractivity contribution < 1.29 is 9.59 Å². The lowest BCUT2D eigenvalue weighted by atomic mass is 9.92. The molecule has 0 radical (unpaired) electrons. The highest BCUT2D eigenvalue weighted by atomic mass is 32.1. The lowest BCUT2D eigenvalue weighted by Crippen LogP contribution is -2.32. The Morgan fingerprint density at radius 2 is 2.28 bits per heavy atom. The zero-order valence-electron chi connectivity index (χ0n) is 10.2. The van der Waals surface area contributed by atoms with Crippen LogP contribution in [-0.4, -0.2) is 23.3 Å². The van der Waals surface area contributed by atoms with Crippen molar-refractivity contribution in [1.29, 1.82) is 0 Å².